The van der Waals surface area contributed by atoms with E-state index in [4.69, 9.17) is 0 Å². The molecule has 3 aromatic rings. The van der Waals surface area contributed by atoms with Gasteiger partial charge in [0, 0.05) is 0 Å². The second-order valence-corrected chi connectivity index (χ2v) is 4.61. The van der Waals surface area contributed by atoms with Crippen LogP contribution in [0.1, 0.15) is 25.0 Å². The minimum Gasteiger partial charge on any atom is -0.150 e. The summed E-state index contributed by atoms with van der Waals surface area (Å²) in [5.41, 5.74) is 5.56. The van der Waals surface area contributed by atoms with Crippen LogP contribution < -0.4 is 0 Å². The van der Waals surface area contributed by atoms with Crippen LogP contribution in [0.5, 0.6) is 0 Å². The van der Waals surface area contributed by atoms with Gasteiger partial charge in [0.25, 0.3) is 0 Å². The summed E-state index contributed by atoms with van der Waals surface area (Å²) in [6.07, 6.45) is 1.96. The van der Waals surface area contributed by atoms with Gasteiger partial charge in [0.05, 0.1) is 5.69 Å². The second-order valence-electron chi connectivity index (χ2n) is 4.61. The fourth-order valence-electron chi connectivity index (χ4n) is 2.39. The van der Waals surface area contributed by atoms with Crippen LogP contribution in [0.4, 0.5) is 0 Å². The lowest BCUT2D eigenvalue weighted by Crippen LogP contribution is -2.02. The molecule has 0 bridgehead atoms. The molecule has 0 spiro atoms. The zero-order valence-corrected chi connectivity index (χ0v) is 11.3. The number of nitrogens with zero attached hydrogens (tertiary/aromatic N) is 3. The number of benzene rings is 2. The molecule has 0 aliphatic rings. The van der Waals surface area contributed by atoms with Gasteiger partial charge in [0.1, 0.15) is 11.0 Å². The molecule has 19 heavy (non-hydrogen) atoms. The quantitative estimate of drug-likeness (QED) is 0.712. The largest absolute Gasteiger partial charge is 0.150 e. The molecule has 0 saturated carbocycles. The monoisotopic (exact) mass is 251 g/mol. The second kappa shape index (κ2) is 4.84. The highest BCUT2D eigenvalue weighted by Gasteiger charge is 2.09. The van der Waals surface area contributed by atoms with Gasteiger partial charge >= 0.3 is 0 Å². The maximum Gasteiger partial charge on any atom is 0.116 e. The standard InChI is InChI=1S/C16H17N3/c1-3-12-8-5-6-11-15(12)19-17-14-10-7-9-13(4-2)16(14)18-19/h5-11H,3-4H2,1-2H3. The smallest absolute Gasteiger partial charge is 0.116 e. The highest BCUT2D eigenvalue weighted by molar-refractivity contribution is 5.77. The number of hydrogen-bond donors (Lipinski definition) is 0. The van der Waals surface area contributed by atoms with Gasteiger partial charge in [-0.05, 0) is 36.1 Å². The average Bonchev–Trinajstić information content (AvgIpc) is 2.90. The predicted molar refractivity (Wildman–Crippen MR) is 77.6 cm³/mol. The molecule has 0 amide bonds. The Morgan fingerprint density at radius 3 is 2.37 bits per heavy atom. The Labute approximate surface area is 112 Å². The minimum atomic E-state index is 0.963. The molecule has 3 heteroatoms. The van der Waals surface area contributed by atoms with Crippen LogP contribution in [0.25, 0.3) is 16.7 Å². The Balaban J connectivity index is 2.21. The molecule has 0 saturated heterocycles. The Morgan fingerprint density at radius 1 is 0.842 bits per heavy atom. The molecule has 3 nitrogen and oxygen atoms in total. The van der Waals surface area contributed by atoms with E-state index in [1.165, 1.54) is 11.1 Å². The first-order valence-electron chi connectivity index (χ1n) is 6.76. The number of hydrogen-bond acceptors (Lipinski definition) is 2. The molecule has 0 unspecified atom stereocenters. The fraction of sp³-hybridized carbons (Fsp3) is 0.250. The van der Waals surface area contributed by atoms with Gasteiger partial charge in [-0.1, -0.05) is 44.2 Å². The molecule has 0 aliphatic heterocycles. The van der Waals surface area contributed by atoms with Crippen LogP contribution in [-0.2, 0) is 12.8 Å². The molecule has 0 N–H and O–H groups in total. The van der Waals surface area contributed by atoms with Crippen LogP contribution >= 0.6 is 0 Å². The highest BCUT2D eigenvalue weighted by atomic mass is 15.5. The van der Waals surface area contributed by atoms with Gasteiger partial charge in [0.2, 0.25) is 0 Å². The summed E-state index contributed by atoms with van der Waals surface area (Å²) < 4.78 is 0. The Hall–Kier alpha value is -2.16. The number of aromatic nitrogens is 3. The number of aryl methyl sites for hydroxylation is 2. The topological polar surface area (TPSA) is 30.7 Å². The van der Waals surface area contributed by atoms with Crippen LogP contribution in [0.15, 0.2) is 42.5 Å². The lowest BCUT2D eigenvalue weighted by atomic mass is 10.1. The zero-order valence-electron chi connectivity index (χ0n) is 11.3. The van der Waals surface area contributed by atoms with Gasteiger partial charge in [-0.2, -0.15) is 4.80 Å². The van der Waals surface area contributed by atoms with Crippen molar-refractivity contribution >= 4 is 11.0 Å². The first-order valence-corrected chi connectivity index (χ1v) is 6.76. The van der Waals surface area contributed by atoms with Gasteiger partial charge in [-0.25, -0.2) is 0 Å². The Kier molecular flexibility index (Phi) is 3.03. The molecule has 1 aromatic heterocycles. The van der Waals surface area contributed by atoms with E-state index < -0.39 is 0 Å². The average molecular weight is 251 g/mol. The summed E-state index contributed by atoms with van der Waals surface area (Å²) in [6, 6.07) is 14.5. The molecule has 2 aromatic carbocycles. The van der Waals surface area contributed by atoms with Crippen molar-refractivity contribution in [1.82, 2.24) is 15.0 Å². The van der Waals surface area contributed by atoms with Crippen molar-refractivity contribution in [2.45, 2.75) is 26.7 Å². The van der Waals surface area contributed by atoms with E-state index in [1.807, 2.05) is 18.2 Å². The lowest BCUT2D eigenvalue weighted by molar-refractivity contribution is 0.755. The van der Waals surface area contributed by atoms with Crippen LogP contribution in [-0.4, -0.2) is 15.0 Å². The van der Waals surface area contributed by atoms with E-state index in [-0.39, 0.29) is 0 Å². The molecule has 0 atom stereocenters. The summed E-state index contributed by atoms with van der Waals surface area (Å²) >= 11 is 0. The number of rotatable bonds is 3. The van der Waals surface area contributed by atoms with Crippen molar-refractivity contribution in [3.63, 3.8) is 0 Å². The van der Waals surface area contributed by atoms with Gasteiger partial charge in [-0.15, -0.1) is 10.2 Å². The van der Waals surface area contributed by atoms with Gasteiger partial charge < -0.3 is 0 Å². The van der Waals surface area contributed by atoms with E-state index in [2.05, 4.69) is 48.3 Å². The number of para-hydroxylation sites is 1. The molecule has 0 radical (unpaired) electrons. The van der Waals surface area contributed by atoms with E-state index in [1.54, 1.807) is 4.80 Å². The third-order valence-electron chi connectivity index (χ3n) is 3.46. The van der Waals surface area contributed by atoms with E-state index in [9.17, 15) is 0 Å². The van der Waals surface area contributed by atoms with E-state index >= 15 is 0 Å². The predicted octanol–water partition coefficient (Wildman–Crippen LogP) is 3.55. The molecule has 0 aliphatic carbocycles. The summed E-state index contributed by atoms with van der Waals surface area (Å²) in [6.45, 7) is 4.30. The SMILES string of the molecule is CCc1ccccc1-n1nc2cccc(CC)c2n1. The first-order chi connectivity index (χ1) is 9.33. The fourth-order valence-corrected chi connectivity index (χ4v) is 2.39. The molecular weight excluding hydrogens is 234 g/mol. The normalized spacial score (nSPS) is 11.1. The summed E-state index contributed by atoms with van der Waals surface area (Å²) in [7, 11) is 0. The van der Waals surface area contributed by atoms with Crippen molar-refractivity contribution in [3.8, 4) is 5.69 Å². The van der Waals surface area contributed by atoms with Gasteiger partial charge in [-0.3, -0.25) is 0 Å². The van der Waals surface area contributed by atoms with Crippen molar-refractivity contribution in [3.05, 3.63) is 53.6 Å². The van der Waals surface area contributed by atoms with Crippen LogP contribution in [0.2, 0.25) is 0 Å². The van der Waals surface area contributed by atoms with Crippen LogP contribution in [0, 0.1) is 0 Å². The molecular formula is C16H17N3. The van der Waals surface area contributed by atoms with Crippen molar-refractivity contribution < 1.29 is 0 Å². The van der Waals surface area contributed by atoms with Gasteiger partial charge in [0.15, 0.2) is 0 Å². The summed E-state index contributed by atoms with van der Waals surface area (Å²) in [5, 5.41) is 9.27. The molecule has 3 rings (SSSR count). The molecule has 1 heterocycles. The number of fused-ring (bicyclic) bond motifs is 1. The third-order valence-corrected chi connectivity index (χ3v) is 3.46. The van der Waals surface area contributed by atoms with E-state index in [0.29, 0.717) is 0 Å². The van der Waals surface area contributed by atoms with Crippen molar-refractivity contribution in [1.29, 1.82) is 0 Å². The Morgan fingerprint density at radius 2 is 1.58 bits per heavy atom. The molecule has 96 valence electrons. The summed E-state index contributed by atoms with van der Waals surface area (Å²) in [5.74, 6) is 0. The molecule has 0 fully saturated rings. The minimum absolute atomic E-state index is 0.963. The lowest BCUT2D eigenvalue weighted by Gasteiger charge is -2.05. The van der Waals surface area contributed by atoms with Crippen LogP contribution in [0.3, 0.4) is 0 Å². The Bertz CT molecular complexity index is 713. The third kappa shape index (κ3) is 2.01. The van der Waals surface area contributed by atoms with Crippen molar-refractivity contribution in [2.24, 2.45) is 0 Å². The maximum atomic E-state index is 4.67. The van der Waals surface area contributed by atoms with E-state index in [0.717, 1.165) is 29.6 Å². The maximum absolute atomic E-state index is 4.67. The highest BCUT2D eigenvalue weighted by Crippen LogP contribution is 2.19. The zero-order chi connectivity index (χ0) is 13.2. The van der Waals surface area contributed by atoms with Crippen molar-refractivity contribution in [2.75, 3.05) is 0 Å². The summed E-state index contributed by atoms with van der Waals surface area (Å²) in [4.78, 5) is 1.77. The first kappa shape index (κ1) is 11.9.